The van der Waals surface area contributed by atoms with Crippen LogP contribution in [0.1, 0.15) is 336 Å². The van der Waals surface area contributed by atoms with Crippen LogP contribution in [0.25, 0.3) is 0 Å². The van der Waals surface area contributed by atoms with E-state index >= 15 is 0 Å². The third-order valence-corrected chi connectivity index (χ3v) is 14.6. The Bertz CT molecular complexity index is 936. The molecule has 7 heteroatoms. The number of hydrogen-bond acceptors (Lipinski definition) is 7. The van der Waals surface area contributed by atoms with Crippen LogP contribution in [0.4, 0.5) is 0 Å². The van der Waals surface area contributed by atoms with Crippen LogP contribution in [-0.2, 0) is 33.2 Å². The van der Waals surface area contributed by atoms with Crippen molar-refractivity contribution < 1.29 is 33.2 Å². The van der Waals surface area contributed by atoms with E-state index in [1.54, 1.807) is 14.2 Å². The van der Waals surface area contributed by atoms with Gasteiger partial charge in [-0.05, 0) is 89.2 Å². The molecule has 436 valence electrons. The molecule has 0 spiro atoms. The van der Waals surface area contributed by atoms with E-state index in [1.807, 2.05) is 12.2 Å². The summed E-state index contributed by atoms with van der Waals surface area (Å²) in [6.07, 6.45) is 69.6. The fourth-order valence-electron chi connectivity index (χ4n) is 9.70. The molecule has 0 aromatic rings. The van der Waals surface area contributed by atoms with E-state index < -0.39 is 12.6 Å². The summed E-state index contributed by atoms with van der Waals surface area (Å²) in [5, 5.41) is 0. The van der Waals surface area contributed by atoms with E-state index in [9.17, 15) is 0 Å². The molecule has 73 heavy (non-hydrogen) atoms. The zero-order valence-corrected chi connectivity index (χ0v) is 50.2. The molecule has 2 atom stereocenters. The standard InChI is InChI=1S/C66H130O7/c1-7-11-15-19-43-51-59-69-65(70-60-52-44-20-16-12-8-2)57-49-41-37-33-29-25-23-27-31-35-39-47-55-63(67-5)73-64(68-6)56-48-40-36-32-28-24-26-30-34-38-42-50-58-66(71-61-53-45-21-17-13-9-3)72-62-54-46-22-18-14-10-4/h47-48,55-56,63-66H,7-46,49-54,57-62H2,1-6H3. The second-order valence-corrected chi connectivity index (χ2v) is 21.8. The Kier molecular flexibility index (Phi) is 63.0. The van der Waals surface area contributed by atoms with Crippen molar-refractivity contribution in [2.75, 3.05) is 40.6 Å². The first-order valence-corrected chi connectivity index (χ1v) is 32.7. The summed E-state index contributed by atoms with van der Waals surface area (Å²) in [7, 11) is 3.41. The number of allylic oxidation sites excluding steroid dienone is 2. The van der Waals surface area contributed by atoms with Crippen molar-refractivity contribution in [3.63, 3.8) is 0 Å². The summed E-state index contributed by atoms with van der Waals surface area (Å²) in [5.41, 5.74) is 0. The molecule has 0 aliphatic rings. The topological polar surface area (TPSA) is 64.6 Å². The minimum atomic E-state index is -0.393. The second-order valence-electron chi connectivity index (χ2n) is 21.8. The smallest absolute Gasteiger partial charge is 0.179 e. The van der Waals surface area contributed by atoms with E-state index in [-0.39, 0.29) is 12.6 Å². The molecular weight excluding hydrogens is 905 g/mol. The summed E-state index contributed by atoms with van der Waals surface area (Å²) in [4.78, 5) is 0. The molecule has 7 nitrogen and oxygen atoms in total. The first-order valence-electron chi connectivity index (χ1n) is 32.7. The van der Waals surface area contributed by atoms with Gasteiger partial charge in [0.15, 0.2) is 25.2 Å². The molecule has 0 aliphatic heterocycles. The Morgan fingerprint density at radius 2 is 0.479 bits per heavy atom. The molecule has 0 saturated heterocycles. The van der Waals surface area contributed by atoms with Crippen molar-refractivity contribution in [1.82, 2.24) is 0 Å². The zero-order valence-electron chi connectivity index (χ0n) is 50.2. The second kappa shape index (κ2) is 63.7. The van der Waals surface area contributed by atoms with Crippen molar-refractivity contribution in [2.45, 2.75) is 361 Å². The van der Waals surface area contributed by atoms with Crippen molar-refractivity contribution in [2.24, 2.45) is 0 Å². The van der Waals surface area contributed by atoms with Crippen LogP contribution in [0.15, 0.2) is 24.3 Å². The monoisotopic (exact) mass is 1030 g/mol. The van der Waals surface area contributed by atoms with Gasteiger partial charge in [-0.1, -0.05) is 271 Å². The van der Waals surface area contributed by atoms with E-state index in [2.05, 4.69) is 39.8 Å². The average Bonchev–Trinajstić information content (AvgIpc) is 3.40. The van der Waals surface area contributed by atoms with Gasteiger partial charge in [0.1, 0.15) is 0 Å². The molecular formula is C66H130O7. The van der Waals surface area contributed by atoms with E-state index in [0.29, 0.717) is 0 Å². The minimum absolute atomic E-state index is 0.00120. The largest absolute Gasteiger partial charge is 0.353 e. The Labute approximate surface area is 457 Å². The maximum atomic E-state index is 6.25. The number of rotatable bonds is 64. The Morgan fingerprint density at radius 1 is 0.260 bits per heavy atom. The average molecular weight is 1040 g/mol. The molecule has 0 amide bonds. The summed E-state index contributed by atoms with van der Waals surface area (Å²) >= 11 is 0. The summed E-state index contributed by atoms with van der Waals surface area (Å²) in [5.74, 6) is 0. The van der Waals surface area contributed by atoms with Gasteiger partial charge >= 0.3 is 0 Å². The number of ether oxygens (including phenoxy) is 7. The molecule has 0 aliphatic carbocycles. The maximum absolute atomic E-state index is 6.25. The fraction of sp³-hybridized carbons (Fsp3) is 0.939. The molecule has 0 aromatic heterocycles. The fourth-order valence-corrected chi connectivity index (χ4v) is 9.70. The first-order chi connectivity index (χ1) is 36.1. The Morgan fingerprint density at radius 3 is 0.726 bits per heavy atom. The van der Waals surface area contributed by atoms with Gasteiger partial charge in [0.25, 0.3) is 0 Å². The zero-order chi connectivity index (χ0) is 52.9. The van der Waals surface area contributed by atoms with Crippen LogP contribution < -0.4 is 0 Å². The quantitative estimate of drug-likeness (QED) is 0.0342. The van der Waals surface area contributed by atoms with Gasteiger partial charge < -0.3 is 33.2 Å². The third-order valence-electron chi connectivity index (χ3n) is 14.6. The SMILES string of the molecule is CCCCCCCCOC(CCCCCCCCCCCCC=CC(OC)OC(C=CCCCCCCCCCCCCC(OCCCCCCCC)OCCCCCCCC)OC)OCCCCCCCC. The molecule has 0 saturated carbocycles. The van der Waals surface area contributed by atoms with E-state index in [1.165, 1.54) is 283 Å². The summed E-state index contributed by atoms with van der Waals surface area (Å²) in [6, 6.07) is 0. The van der Waals surface area contributed by atoms with Crippen molar-refractivity contribution in [3.05, 3.63) is 24.3 Å². The first kappa shape index (κ1) is 72.2. The maximum Gasteiger partial charge on any atom is 0.179 e. The van der Waals surface area contributed by atoms with Crippen LogP contribution in [0, 0.1) is 0 Å². The van der Waals surface area contributed by atoms with Gasteiger partial charge in [0, 0.05) is 40.6 Å². The number of unbranched alkanes of at least 4 members (excludes halogenated alkanes) is 40. The van der Waals surface area contributed by atoms with Gasteiger partial charge in [-0.15, -0.1) is 0 Å². The molecule has 0 heterocycles. The predicted molar refractivity (Wildman–Crippen MR) is 317 cm³/mol. The molecule has 0 radical (unpaired) electrons. The van der Waals surface area contributed by atoms with Crippen LogP contribution in [0.3, 0.4) is 0 Å². The molecule has 0 rings (SSSR count). The molecule has 0 bridgehead atoms. The lowest BCUT2D eigenvalue weighted by Gasteiger charge is -2.19. The highest BCUT2D eigenvalue weighted by atomic mass is 16.8. The highest BCUT2D eigenvalue weighted by molar-refractivity contribution is 4.89. The van der Waals surface area contributed by atoms with Gasteiger partial charge in [-0.25, -0.2) is 0 Å². The van der Waals surface area contributed by atoms with E-state index in [4.69, 9.17) is 33.2 Å². The summed E-state index contributed by atoms with van der Waals surface area (Å²) < 4.78 is 42.3. The number of hydrogen-bond donors (Lipinski definition) is 0. The lowest BCUT2D eigenvalue weighted by atomic mass is 10.0. The van der Waals surface area contributed by atoms with Crippen LogP contribution in [0.5, 0.6) is 0 Å². The molecule has 0 N–H and O–H groups in total. The van der Waals surface area contributed by atoms with E-state index in [0.717, 1.165) is 52.1 Å². The molecule has 0 fully saturated rings. The lowest BCUT2D eigenvalue weighted by Crippen LogP contribution is -2.22. The van der Waals surface area contributed by atoms with Gasteiger partial charge in [0.2, 0.25) is 0 Å². The van der Waals surface area contributed by atoms with Crippen LogP contribution in [-0.4, -0.2) is 65.8 Å². The summed E-state index contributed by atoms with van der Waals surface area (Å²) in [6.45, 7) is 12.6. The van der Waals surface area contributed by atoms with Crippen molar-refractivity contribution >= 4 is 0 Å². The third kappa shape index (κ3) is 57.2. The predicted octanol–water partition coefficient (Wildman–Crippen LogP) is 21.6. The van der Waals surface area contributed by atoms with Crippen molar-refractivity contribution in [3.8, 4) is 0 Å². The lowest BCUT2D eigenvalue weighted by molar-refractivity contribution is -0.188. The minimum Gasteiger partial charge on any atom is -0.353 e. The highest BCUT2D eigenvalue weighted by Gasteiger charge is 2.12. The Balaban J connectivity index is 4.00. The van der Waals surface area contributed by atoms with Gasteiger partial charge in [0.05, 0.1) is 0 Å². The molecule has 2 unspecified atom stereocenters. The normalized spacial score (nSPS) is 13.0. The van der Waals surface area contributed by atoms with Crippen LogP contribution >= 0.6 is 0 Å². The Hall–Kier alpha value is -0.800. The highest BCUT2D eigenvalue weighted by Crippen LogP contribution is 2.19. The van der Waals surface area contributed by atoms with Crippen LogP contribution in [0.2, 0.25) is 0 Å². The molecule has 0 aromatic carbocycles. The van der Waals surface area contributed by atoms with Gasteiger partial charge in [-0.3, -0.25) is 0 Å². The number of methoxy groups -OCH3 is 2. The van der Waals surface area contributed by atoms with Crippen molar-refractivity contribution in [1.29, 1.82) is 0 Å². The van der Waals surface area contributed by atoms with Gasteiger partial charge in [-0.2, -0.15) is 0 Å².